The summed E-state index contributed by atoms with van der Waals surface area (Å²) in [6.07, 6.45) is 0. The minimum Gasteiger partial charge on any atom is -0.545 e. The quantitative estimate of drug-likeness (QED) is 0.366. The van der Waals surface area contributed by atoms with Crippen LogP contribution in [0.2, 0.25) is 10.0 Å². The molecule has 7 heteroatoms. The number of nitrogens with one attached hydrogen (secondary N) is 1. The number of anilines is 1. The van der Waals surface area contributed by atoms with Gasteiger partial charge >= 0.3 is 0 Å². The van der Waals surface area contributed by atoms with E-state index >= 15 is 0 Å². The Morgan fingerprint density at radius 3 is 2.06 bits per heavy atom. The molecule has 0 unspecified atom stereocenters. The summed E-state index contributed by atoms with van der Waals surface area (Å²) in [5.41, 5.74) is 1.53. The van der Waals surface area contributed by atoms with Crippen molar-refractivity contribution < 1.29 is 19.4 Å². The molecule has 0 aliphatic carbocycles. The van der Waals surface area contributed by atoms with Gasteiger partial charge in [0.05, 0.1) is 22.2 Å². The van der Waals surface area contributed by atoms with Crippen molar-refractivity contribution in [1.82, 2.24) is 0 Å². The SMILES string of the molecule is O=C(Nc1ccc(-c2ccc(Oc3ccccc3)cc2)cc1C(=O)[O-])c1ccc(Cl)cc1Cl. The summed E-state index contributed by atoms with van der Waals surface area (Å²) in [6.45, 7) is 0. The Morgan fingerprint density at radius 2 is 1.39 bits per heavy atom. The third-order valence-electron chi connectivity index (χ3n) is 4.83. The van der Waals surface area contributed by atoms with Gasteiger partial charge in [-0.2, -0.15) is 0 Å². The second kappa shape index (κ2) is 9.77. The molecule has 5 nitrogen and oxygen atoms in total. The Morgan fingerprint density at radius 1 is 0.727 bits per heavy atom. The molecule has 4 rings (SSSR count). The summed E-state index contributed by atoms with van der Waals surface area (Å²) >= 11 is 11.9. The van der Waals surface area contributed by atoms with Gasteiger partial charge in [-0.05, 0) is 65.7 Å². The van der Waals surface area contributed by atoms with Crippen molar-refractivity contribution in [3.63, 3.8) is 0 Å². The van der Waals surface area contributed by atoms with Crippen LogP contribution in [0.3, 0.4) is 0 Å². The van der Waals surface area contributed by atoms with Crippen molar-refractivity contribution in [1.29, 1.82) is 0 Å². The molecule has 0 saturated carbocycles. The molecule has 0 aromatic heterocycles. The van der Waals surface area contributed by atoms with Crippen LogP contribution in [-0.4, -0.2) is 11.9 Å². The molecule has 4 aromatic rings. The van der Waals surface area contributed by atoms with Crippen LogP contribution >= 0.6 is 23.2 Å². The third kappa shape index (κ3) is 5.34. The van der Waals surface area contributed by atoms with E-state index in [2.05, 4.69) is 5.32 Å². The summed E-state index contributed by atoms with van der Waals surface area (Å²) in [5.74, 6) is -0.619. The molecule has 0 spiro atoms. The Hall–Kier alpha value is -3.80. The standard InChI is InChI=1S/C26H17Cl2NO4/c27-18-9-12-21(23(28)15-18)25(30)29-24-13-8-17(14-22(24)26(31)32)16-6-10-20(11-7-16)33-19-4-2-1-3-5-19/h1-15H,(H,29,30)(H,31,32)/p-1. The van der Waals surface area contributed by atoms with Crippen molar-refractivity contribution in [3.05, 3.63) is 112 Å². The number of amides is 1. The zero-order valence-electron chi connectivity index (χ0n) is 17.0. The Bertz CT molecular complexity index is 1320. The van der Waals surface area contributed by atoms with E-state index in [9.17, 15) is 14.7 Å². The summed E-state index contributed by atoms with van der Waals surface area (Å²) < 4.78 is 5.78. The monoisotopic (exact) mass is 476 g/mol. The molecule has 0 atom stereocenters. The van der Waals surface area contributed by atoms with Crippen molar-refractivity contribution in [2.45, 2.75) is 0 Å². The lowest BCUT2D eigenvalue weighted by molar-refractivity contribution is -0.254. The number of hydrogen-bond acceptors (Lipinski definition) is 4. The number of carbonyl (C=O) groups is 2. The maximum Gasteiger partial charge on any atom is 0.257 e. The van der Waals surface area contributed by atoms with Gasteiger partial charge in [-0.3, -0.25) is 4.79 Å². The van der Waals surface area contributed by atoms with Gasteiger partial charge in [0.15, 0.2) is 0 Å². The lowest BCUT2D eigenvalue weighted by Crippen LogP contribution is -2.25. The van der Waals surface area contributed by atoms with Gasteiger partial charge in [-0.1, -0.05) is 59.6 Å². The number of halogens is 2. The zero-order valence-corrected chi connectivity index (χ0v) is 18.6. The minimum absolute atomic E-state index is 0.0961. The summed E-state index contributed by atoms with van der Waals surface area (Å²) in [5, 5.41) is 14.9. The van der Waals surface area contributed by atoms with Crippen LogP contribution in [0.25, 0.3) is 11.1 Å². The highest BCUT2D eigenvalue weighted by molar-refractivity contribution is 6.37. The van der Waals surface area contributed by atoms with Gasteiger partial charge in [0.1, 0.15) is 11.5 Å². The highest BCUT2D eigenvalue weighted by Gasteiger charge is 2.14. The Balaban J connectivity index is 1.57. The number of hydrogen-bond donors (Lipinski definition) is 1. The van der Waals surface area contributed by atoms with E-state index in [0.717, 1.165) is 5.56 Å². The second-order valence-electron chi connectivity index (χ2n) is 7.07. The van der Waals surface area contributed by atoms with E-state index in [4.69, 9.17) is 27.9 Å². The first-order chi connectivity index (χ1) is 15.9. The first kappa shape index (κ1) is 22.4. The van der Waals surface area contributed by atoms with E-state index in [1.807, 2.05) is 42.5 Å². The molecular formula is C26H16Cl2NO4-. The number of ether oxygens (including phenoxy) is 1. The van der Waals surface area contributed by atoms with Gasteiger partial charge in [-0.25, -0.2) is 0 Å². The normalized spacial score (nSPS) is 10.5. The van der Waals surface area contributed by atoms with E-state index in [0.29, 0.717) is 22.1 Å². The summed E-state index contributed by atoms with van der Waals surface area (Å²) in [4.78, 5) is 24.4. The lowest BCUT2D eigenvalue weighted by atomic mass is 10.0. The Kier molecular flexibility index (Phi) is 6.63. The minimum atomic E-state index is -1.42. The Labute approximate surface area is 200 Å². The van der Waals surface area contributed by atoms with Gasteiger partial charge in [0.2, 0.25) is 0 Å². The maximum absolute atomic E-state index is 12.6. The molecule has 1 N–H and O–H groups in total. The molecule has 0 heterocycles. The molecule has 0 fully saturated rings. The van der Waals surface area contributed by atoms with E-state index in [1.54, 1.807) is 18.2 Å². The molecule has 0 bridgehead atoms. The van der Waals surface area contributed by atoms with Crippen LogP contribution in [0.4, 0.5) is 5.69 Å². The average molecular weight is 477 g/mol. The number of carboxylic acids is 1. The number of carboxylic acid groups (broad SMARTS) is 1. The van der Waals surface area contributed by atoms with Crippen LogP contribution in [0.5, 0.6) is 11.5 Å². The van der Waals surface area contributed by atoms with Gasteiger partial charge in [0.25, 0.3) is 5.91 Å². The molecule has 0 saturated heterocycles. The maximum atomic E-state index is 12.6. The molecule has 0 aliphatic rings. The third-order valence-corrected chi connectivity index (χ3v) is 5.38. The van der Waals surface area contributed by atoms with Crippen LogP contribution in [-0.2, 0) is 0 Å². The predicted octanol–water partition coefficient (Wildman–Crippen LogP) is 6.07. The fourth-order valence-electron chi connectivity index (χ4n) is 3.21. The number of aromatic carboxylic acids is 1. The largest absolute Gasteiger partial charge is 0.545 e. The van der Waals surface area contributed by atoms with Crippen molar-refractivity contribution >= 4 is 40.8 Å². The van der Waals surface area contributed by atoms with E-state index in [1.165, 1.54) is 30.3 Å². The smallest absolute Gasteiger partial charge is 0.257 e. The first-order valence-corrected chi connectivity index (χ1v) is 10.6. The number of para-hydroxylation sites is 1. The molecule has 1 amide bonds. The van der Waals surface area contributed by atoms with Crippen LogP contribution < -0.4 is 15.2 Å². The lowest BCUT2D eigenvalue weighted by Gasteiger charge is -2.15. The second-order valence-corrected chi connectivity index (χ2v) is 7.91. The van der Waals surface area contributed by atoms with Crippen LogP contribution in [0, 0.1) is 0 Å². The van der Waals surface area contributed by atoms with Crippen LogP contribution in [0.1, 0.15) is 20.7 Å². The fourth-order valence-corrected chi connectivity index (χ4v) is 3.70. The number of carbonyl (C=O) groups excluding carboxylic acids is 2. The molecule has 164 valence electrons. The predicted molar refractivity (Wildman–Crippen MR) is 127 cm³/mol. The summed E-state index contributed by atoms with van der Waals surface area (Å²) in [7, 11) is 0. The topological polar surface area (TPSA) is 78.5 Å². The highest BCUT2D eigenvalue weighted by Crippen LogP contribution is 2.29. The molecule has 0 radical (unpaired) electrons. The average Bonchev–Trinajstić information content (AvgIpc) is 2.80. The van der Waals surface area contributed by atoms with Gasteiger partial charge < -0.3 is 20.0 Å². The number of benzene rings is 4. The summed E-state index contributed by atoms with van der Waals surface area (Å²) in [6, 6.07) is 25.7. The first-order valence-electron chi connectivity index (χ1n) is 9.86. The molecular weight excluding hydrogens is 461 g/mol. The zero-order chi connectivity index (χ0) is 23.4. The van der Waals surface area contributed by atoms with Crippen molar-refractivity contribution in [2.24, 2.45) is 0 Å². The van der Waals surface area contributed by atoms with Crippen molar-refractivity contribution in [3.8, 4) is 22.6 Å². The molecule has 0 aliphatic heterocycles. The highest BCUT2D eigenvalue weighted by atomic mass is 35.5. The van der Waals surface area contributed by atoms with E-state index < -0.39 is 11.9 Å². The van der Waals surface area contributed by atoms with Crippen LogP contribution in [0.15, 0.2) is 91.0 Å². The van der Waals surface area contributed by atoms with Gasteiger partial charge in [-0.15, -0.1) is 0 Å². The van der Waals surface area contributed by atoms with E-state index in [-0.39, 0.29) is 21.8 Å². The van der Waals surface area contributed by atoms with Gasteiger partial charge in [0, 0.05) is 10.6 Å². The van der Waals surface area contributed by atoms with Crippen molar-refractivity contribution in [2.75, 3.05) is 5.32 Å². The molecule has 4 aromatic carbocycles. The molecule has 33 heavy (non-hydrogen) atoms. The fraction of sp³-hybridized carbons (Fsp3) is 0. The number of rotatable bonds is 6.